The van der Waals surface area contributed by atoms with Crippen LogP contribution in [-0.2, 0) is 6.61 Å². The van der Waals surface area contributed by atoms with Crippen molar-refractivity contribution >= 4 is 0 Å². The van der Waals surface area contributed by atoms with E-state index in [-0.39, 0.29) is 12.4 Å². The average molecular weight is 260 g/mol. The zero-order valence-corrected chi connectivity index (χ0v) is 10.8. The molecule has 3 heteroatoms. The minimum absolute atomic E-state index is 0.197. The Kier molecular flexibility index (Phi) is 4.53. The van der Waals surface area contributed by atoms with Gasteiger partial charge in [0.15, 0.2) is 0 Å². The maximum atomic E-state index is 13.4. The first-order valence-electron chi connectivity index (χ1n) is 6.35. The lowest BCUT2D eigenvalue weighted by atomic mass is 10.1. The van der Waals surface area contributed by atoms with Crippen LogP contribution in [-0.4, -0.2) is 5.11 Å². The van der Waals surface area contributed by atoms with E-state index in [0.29, 0.717) is 17.7 Å². The Balaban J connectivity index is 1.99. The van der Waals surface area contributed by atoms with Gasteiger partial charge in [-0.25, -0.2) is 4.39 Å². The van der Waals surface area contributed by atoms with Crippen molar-refractivity contribution in [1.29, 1.82) is 0 Å². The topological polar surface area (TPSA) is 29.5 Å². The molecule has 0 bridgehead atoms. The van der Waals surface area contributed by atoms with Crippen LogP contribution in [0.15, 0.2) is 48.5 Å². The van der Waals surface area contributed by atoms with Crippen molar-refractivity contribution in [3.05, 3.63) is 65.5 Å². The maximum absolute atomic E-state index is 13.4. The molecule has 2 rings (SSSR count). The highest BCUT2D eigenvalue weighted by Crippen LogP contribution is 2.20. The van der Waals surface area contributed by atoms with Crippen molar-refractivity contribution in [2.75, 3.05) is 0 Å². The molecule has 0 saturated carbocycles. The number of ether oxygens (including phenoxy) is 1. The van der Waals surface area contributed by atoms with E-state index in [0.717, 1.165) is 5.56 Å². The molecular weight excluding hydrogens is 243 g/mol. The van der Waals surface area contributed by atoms with Crippen molar-refractivity contribution in [2.45, 2.75) is 26.1 Å². The average Bonchev–Trinajstić information content (AvgIpc) is 2.46. The Morgan fingerprint density at radius 1 is 1.11 bits per heavy atom. The van der Waals surface area contributed by atoms with Gasteiger partial charge in [0.05, 0.1) is 6.10 Å². The summed E-state index contributed by atoms with van der Waals surface area (Å²) in [7, 11) is 0. The number of hydrogen-bond acceptors (Lipinski definition) is 2. The summed E-state index contributed by atoms with van der Waals surface area (Å²) in [5, 5.41) is 9.67. The third kappa shape index (κ3) is 3.55. The quantitative estimate of drug-likeness (QED) is 0.884. The lowest BCUT2D eigenvalue weighted by Gasteiger charge is -2.10. The van der Waals surface area contributed by atoms with E-state index < -0.39 is 6.10 Å². The van der Waals surface area contributed by atoms with Crippen molar-refractivity contribution in [1.82, 2.24) is 0 Å². The monoisotopic (exact) mass is 260 g/mol. The molecule has 0 amide bonds. The van der Waals surface area contributed by atoms with Gasteiger partial charge in [0.25, 0.3) is 0 Å². The molecule has 2 nitrogen and oxygen atoms in total. The second-order valence-electron chi connectivity index (χ2n) is 4.37. The molecule has 1 N–H and O–H groups in total. The van der Waals surface area contributed by atoms with Gasteiger partial charge in [0.2, 0.25) is 0 Å². The summed E-state index contributed by atoms with van der Waals surface area (Å²) >= 11 is 0. The summed E-state index contributed by atoms with van der Waals surface area (Å²) in [5.74, 6) is 0.399. The summed E-state index contributed by atoms with van der Waals surface area (Å²) in [5.41, 5.74) is 1.39. The van der Waals surface area contributed by atoms with Gasteiger partial charge in [-0.15, -0.1) is 0 Å². The van der Waals surface area contributed by atoms with Crippen molar-refractivity contribution in [3.8, 4) is 5.75 Å². The van der Waals surface area contributed by atoms with Gasteiger partial charge in [-0.2, -0.15) is 0 Å². The standard InChI is InChI=1S/C16H17FO2/c1-2-16(18)12-7-9-14(10-8-12)19-11-13-5-3-4-6-15(13)17/h3-10,16,18H,2,11H2,1H3. The summed E-state index contributed by atoms with van der Waals surface area (Å²) < 4.78 is 18.9. The molecule has 0 aliphatic carbocycles. The van der Waals surface area contributed by atoms with E-state index in [1.54, 1.807) is 30.3 Å². The Bertz CT molecular complexity index is 523. The van der Waals surface area contributed by atoms with E-state index in [4.69, 9.17) is 4.74 Å². The van der Waals surface area contributed by atoms with Gasteiger partial charge in [0, 0.05) is 5.56 Å². The fourth-order valence-corrected chi connectivity index (χ4v) is 1.80. The number of aliphatic hydroxyl groups is 1. The largest absolute Gasteiger partial charge is 0.489 e. The first kappa shape index (κ1) is 13.6. The Hall–Kier alpha value is -1.87. The van der Waals surface area contributed by atoms with Crippen LogP contribution in [0, 0.1) is 5.82 Å². The first-order valence-corrected chi connectivity index (χ1v) is 6.35. The highest BCUT2D eigenvalue weighted by Gasteiger charge is 2.05. The normalized spacial score (nSPS) is 12.2. The predicted molar refractivity (Wildman–Crippen MR) is 72.4 cm³/mol. The van der Waals surface area contributed by atoms with Crippen molar-refractivity contribution < 1.29 is 14.2 Å². The molecule has 2 aromatic rings. The molecule has 0 radical (unpaired) electrons. The fraction of sp³-hybridized carbons (Fsp3) is 0.250. The van der Waals surface area contributed by atoms with Crippen LogP contribution in [0.3, 0.4) is 0 Å². The molecule has 0 spiro atoms. The molecule has 0 saturated heterocycles. The zero-order valence-electron chi connectivity index (χ0n) is 10.8. The molecule has 19 heavy (non-hydrogen) atoms. The van der Waals surface area contributed by atoms with Gasteiger partial charge in [-0.05, 0) is 30.2 Å². The lowest BCUT2D eigenvalue weighted by molar-refractivity contribution is 0.173. The van der Waals surface area contributed by atoms with Gasteiger partial charge in [-0.3, -0.25) is 0 Å². The van der Waals surface area contributed by atoms with Crippen LogP contribution in [0.25, 0.3) is 0 Å². The number of halogens is 1. The molecule has 0 aromatic heterocycles. The zero-order chi connectivity index (χ0) is 13.7. The molecular formula is C16H17FO2. The predicted octanol–water partition coefficient (Wildman–Crippen LogP) is 3.85. The SMILES string of the molecule is CCC(O)c1ccc(OCc2ccccc2F)cc1. The fourth-order valence-electron chi connectivity index (χ4n) is 1.80. The number of rotatable bonds is 5. The van der Waals surface area contributed by atoms with Crippen molar-refractivity contribution in [2.24, 2.45) is 0 Å². The van der Waals surface area contributed by atoms with E-state index in [1.807, 2.05) is 19.1 Å². The molecule has 100 valence electrons. The Morgan fingerprint density at radius 3 is 2.42 bits per heavy atom. The third-order valence-corrected chi connectivity index (χ3v) is 3.00. The smallest absolute Gasteiger partial charge is 0.129 e. The third-order valence-electron chi connectivity index (χ3n) is 3.00. The molecule has 0 fully saturated rings. The van der Waals surface area contributed by atoms with Crippen molar-refractivity contribution in [3.63, 3.8) is 0 Å². The molecule has 2 aromatic carbocycles. The van der Waals surface area contributed by atoms with Crippen LogP contribution in [0.1, 0.15) is 30.6 Å². The van der Waals surface area contributed by atoms with Gasteiger partial charge >= 0.3 is 0 Å². The molecule has 1 unspecified atom stereocenters. The highest BCUT2D eigenvalue weighted by atomic mass is 19.1. The van der Waals surface area contributed by atoms with E-state index in [2.05, 4.69) is 0 Å². The number of hydrogen-bond donors (Lipinski definition) is 1. The Morgan fingerprint density at radius 2 is 1.79 bits per heavy atom. The molecule has 0 aliphatic heterocycles. The number of benzene rings is 2. The van der Waals surface area contributed by atoms with Crippen LogP contribution in [0.4, 0.5) is 4.39 Å². The highest BCUT2D eigenvalue weighted by molar-refractivity contribution is 5.29. The summed E-state index contributed by atoms with van der Waals surface area (Å²) in [4.78, 5) is 0. The second-order valence-corrected chi connectivity index (χ2v) is 4.37. The van der Waals surface area contributed by atoms with E-state index in [9.17, 15) is 9.50 Å². The maximum Gasteiger partial charge on any atom is 0.129 e. The molecule has 0 aliphatic rings. The van der Waals surface area contributed by atoms with E-state index in [1.165, 1.54) is 6.07 Å². The van der Waals surface area contributed by atoms with Gasteiger partial charge < -0.3 is 9.84 Å². The lowest BCUT2D eigenvalue weighted by Crippen LogP contribution is -1.99. The molecule has 0 heterocycles. The second kappa shape index (κ2) is 6.34. The van der Waals surface area contributed by atoms with Gasteiger partial charge in [-0.1, -0.05) is 37.3 Å². The van der Waals surface area contributed by atoms with E-state index >= 15 is 0 Å². The summed E-state index contributed by atoms with van der Waals surface area (Å²) in [6, 6.07) is 13.8. The minimum Gasteiger partial charge on any atom is -0.489 e. The van der Waals surface area contributed by atoms with Gasteiger partial charge in [0.1, 0.15) is 18.2 Å². The summed E-state index contributed by atoms with van der Waals surface area (Å²) in [6.45, 7) is 2.12. The summed E-state index contributed by atoms with van der Waals surface area (Å²) in [6.07, 6.45) is 0.232. The van der Waals surface area contributed by atoms with Crippen LogP contribution >= 0.6 is 0 Å². The van der Waals surface area contributed by atoms with Crippen LogP contribution in [0.2, 0.25) is 0 Å². The molecule has 1 atom stereocenters. The van der Waals surface area contributed by atoms with Crippen LogP contribution < -0.4 is 4.74 Å². The minimum atomic E-state index is -0.444. The Labute approximate surface area is 112 Å². The van der Waals surface area contributed by atoms with Crippen LogP contribution in [0.5, 0.6) is 5.75 Å². The number of aliphatic hydroxyl groups excluding tert-OH is 1. The first-order chi connectivity index (χ1) is 9.20.